The molecule has 0 saturated carbocycles. The summed E-state index contributed by atoms with van der Waals surface area (Å²) in [5.74, 6) is -41.9. The van der Waals surface area contributed by atoms with E-state index in [2.05, 4.69) is 0 Å². The lowest BCUT2D eigenvalue weighted by atomic mass is 9.94. The summed E-state index contributed by atoms with van der Waals surface area (Å²) in [5, 5.41) is 0.465. The van der Waals surface area contributed by atoms with Gasteiger partial charge in [-0.1, -0.05) is 0 Å². The topological polar surface area (TPSA) is 12.0 Å². The SMILES string of the molecule is FC(F)C(F)(F)CNCC(F)(F)C(F)(F)C(F)(F)C(F)(F)C(F)(F)C(F)F. The van der Waals surface area contributed by atoms with Gasteiger partial charge in [-0.25, -0.2) is 17.6 Å². The molecule has 0 aromatic heterocycles. The summed E-state index contributed by atoms with van der Waals surface area (Å²) >= 11 is 0. The van der Waals surface area contributed by atoms with Crippen LogP contribution < -0.4 is 5.32 Å². The highest BCUT2D eigenvalue weighted by molar-refractivity contribution is 5.09. The Hall–Kier alpha value is -1.16. The second-order valence-corrected chi connectivity index (χ2v) is 5.02. The molecule has 17 heteroatoms. The fraction of sp³-hybridized carbons (Fsp3) is 1.00. The molecule has 1 N–H and O–H groups in total. The van der Waals surface area contributed by atoms with Crippen LogP contribution in [0.25, 0.3) is 0 Å². The maximum atomic E-state index is 13.1. The van der Waals surface area contributed by atoms with Crippen LogP contribution in [0.2, 0.25) is 0 Å². The molecule has 1 nitrogen and oxygen atoms in total. The lowest BCUT2D eigenvalue weighted by Gasteiger charge is -2.39. The Morgan fingerprint density at radius 1 is 0.519 bits per heavy atom. The Bertz CT molecular complexity index is 497. The molecule has 0 aliphatic heterocycles. The van der Waals surface area contributed by atoms with Crippen molar-refractivity contribution < 1.29 is 70.2 Å². The van der Waals surface area contributed by atoms with Gasteiger partial charge in [0.1, 0.15) is 0 Å². The second-order valence-electron chi connectivity index (χ2n) is 5.02. The number of hydrogen-bond acceptors (Lipinski definition) is 1. The van der Waals surface area contributed by atoms with Gasteiger partial charge in [-0.15, -0.1) is 0 Å². The summed E-state index contributed by atoms with van der Waals surface area (Å²) in [6, 6.07) is 0. The summed E-state index contributed by atoms with van der Waals surface area (Å²) in [7, 11) is 0. The molecule has 164 valence electrons. The fourth-order valence-corrected chi connectivity index (χ4v) is 1.35. The van der Waals surface area contributed by atoms with Crippen molar-refractivity contribution in [2.75, 3.05) is 13.1 Å². The minimum atomic E-state index is -7.81. The van der Waals surface area contributed by atoms with Crippen LogP contribution in [-0.2, 0) is 0 Å². The number of hydrogen-bond donors (Lipinski definition) is 1. The highest BCUT2D eigenvalue weighted by atomic mass is 19.4. The zero-order chi connectivity index (χ0) is 22.3. The second kappa shape index (κ2) is 7.35. The van der Waals surface area contributed by atoms with Gasteiger partial charge in [-0.05, 0) is 0 Å². The van der Waals surface area contributed by atoms with Crippen LogP contribution in [0.5, 0.6) is 0 Å². The van der Waals surface area contributed by atoms with E-state index in [1.54, 1.807) is 0 Å². The van der Waals surface area contributed by atoms with Crippen LogP contribution in [0.1, 0.15) is 0 Å². The third-order valence-corrected chi connectivity index (χ3v) is 2.97. The number of rotatable bonds is 10. The number of halogens is 16. The molecule has 0 amide bonds. The van der Waals surface area contributed by atoms with E-state index in [1.807, 2.05) is 0 Å². The minimum absolute atomic E-state index is 0.465. The summed E-state index contributed by atoms with van der Waals surface area (Å²) in [6.07, 6.45) is -10.2. The first-order chi connectivity index (χ1) is 11.6. The van der Waals surface area contributed by atoms with Crippen molar-refractivity contribution in [3.05, 3.63) is 0 Å². The predicted octanol–water partition coefficient (Wildman–Crippen LogP) is 4.92. The number of nitrogens with one attached hydrogen (secondary N) is 1. The fourth-order valence-electron chi connectivity index (χ4n) is 1.35. The van der Waals surface area contributed by atoms with Crippen molar-refractivity contribution in [3.63, 3.8) is 0 Å². The molecule has 0 spiro atoms. The average Bonchev–Trinajstić information content (AvgIpc) is 2.45. The molecule has 0 radical (unpaired) electrons. The van der Waals surface area contributed by atoms with Gasteiger partial charge in [0, 0.05) is 0 Å². The van der Waals surface area contributed by atoms with Crippen molar-refractivity contribution in [1.82, 2.24) is 5.32 Å². The van der Waals surface area contributed by atoms with E-state index in [4.69, 9.17) is 0 Å². The normalized spacial score (nSPS) is 15.8. The molecule has 0 bridgehead atoms. The smallest absolute Gasteiger partial charge is 0.305 e. The molecule has 0 rings (SSSR count). The Kier molecular flexibility index (Phi) is 7.03. The molecular weight excluding hydrogens is 438 g/mol. The van der Waals surface area contributed by atoms with Crippen molar-refractivity contribution in [3.8, 4) is 0 Å². The first kappa shape index (κ1) is 25.8. The zero-order valence-corrected chi connectivity index (χ0v) is 12.1. The molecule has 0 aliphatic rings. The van der Waals surface area contributed by atoms with Gasteiger partial charge in [0.2, 0.25) is 0 Å². The van der Waals surface area contributed by atoms with Gasteiger partial charge >= 0.3 is 48.4 Å². The van der Waals surface area contributed by atoms with Crippen LogP contribution in [0, 0.1) is 0 Å². The van der Waals surface area contributed by atoms with E-state index in [0.29, 0.717) is 5.32 Å². The van der Waals surface area contributed by atoms with Gasteiger partial charge in [0.15, 0.2) is 0 Å². The number of alkyl halides is 16. The molecule has 0 saturated heterocycles. The van der Waals surface area contributed by atoms with Gasteiger partial charge in [-0.2, -0.15) is 52.7 Å². The molecule has 0 atom stereocenters. The summed E-state index contributed by atoms with van der Waals surface area (Å²) in [6.45, 7) is -5.61. The highest BCUT2D eigenvalue weighted by Crippen LogP contribution is 2.57. The predicted molar refractivity (Wildman–Crippen MR) is 54.6 cm³/mol. The van der Waals surface area contributed by atoms with Crippen LogP contribution in [0.15, 0.2) is 0 Å². The zero-order valence-electron chi connectivity index (χ0n) is 12.1. The van der Waals surface area contributed by atoms with E-state index in [9.17, 15) is 70.2 Å². The first-order valence-corrected chi connectivity index (χ1v) is 6.13. The molecule has 27 heavy (non-hydrogen) atoms. The Labute approximate surface area is 138 Å². The lowest BCUT2D eigenvalue weighted by molar-refractivity contribution is -0.411. The molecule has 0 fully saturated rings. The average molecular weight is 445 g/mol. The van der Waals surface area contributed by atoms with E-state index < -0.39 is 61.5 Å². The molecular formula is C10H7F16N. The molecule has 0 heterocycles. The van der Waals surface area contributed by atoms with E-state index in [-0.39, 0.29) is 0 Å². The third-order valence-electron chi connectivity index (χ3n) is 2.97. The maximum Gasteiger partial charge on any atom is 0.384 e. The Morgan fingerprint density at radius 3 is 1.26 bits per heavy atom. The van der Waals surface area contributed by atoms with Gasteiger partial charge < -0.3 is 5.32 Å². The van der Waals surface area contributed by atoms with E-state index in [0.717, 1.165) is 0 Å². The van der Waals surface area contributed by atoms with Crippen LogP contribution >= 0.6 is 0 Å². The van der Waals surface area contributed by atoms with Crippen molar-refractivity contribution in [2.45, 2.75) is 48.4 Å². The molecule has 0 unspecified atom stereocenters. The van der Waals surface area contributed by atoms with Crippen molar-refractivity contribution in [1.29, 1.82) is 0 Å². The molecule has 0 aliphatic carbocycles. The Balaban J connectivity index is 5.67. The third kappa shape index (κ3) is 4.31. The van der Waals surface area contributed by atoms with Crippen molar-refractivity contribution >= 4 is 0 Å². The lowest BCUT2D eigenvalue weighted by Crippen LogP contribution is -2.70. The van der Waals surface area contributed by atoms with E-state index in [1.165, 1.54) is 0 Å². The van der Waals surface area contributed by atoms with Crippen LogP contribution in [0.4, 0.5) is 70.2 Å². The summed E-state index contributed by atoms with van der Waals surface area (Å²) < 4.78 is 201. The molecule has 0 aromatic rings. The summed E-state index contributed by atoms with van der Waals surface area (Å²) in [4.78, 5) is 0. The molecule has 0 aromatic carbocycles. The van der Waals surface area contributed by atoms with Crippen LogP contribution in [0.3, 0.4) is 0 Å². The first-order valence-electron chi connectivity index (χ1n) is 6.13. The van der Waals surface area contributed by atoms with Gasteiger partial charge in [0.05, 0.1) is 13.1 Å². The monoisotopic (exact) mass is 445 g/mol. The largest absolute Gasteiger partial charge is 0.384 e. The highest BCUT2D eigenvalue weighted by Gasteiger charge is 2.87. The minimum Gasteiger partial charge on any atom is -0.305 e. The van der Waals surface area contributed by atoms with Crippen LogP contribution in [-0.4, -0.2) is 61.5 Å². The van der Waals surface area contributed by atoms with E-state index >= 15 is 0 Å². The quantitative estimate of drug-likeness (QED) is 0.471. The van der Waals surface area contributed by atoms with Gasteiger partial charge in [0.25, 0.3) is 0 Å². The van der Waals surface area contributed by atoms with Crippen molar-refractivity contribution in [2.24, 2.45) is 0 Å². The summed E-state index contributed by atoms with van der Waals surface area (Å²) in [5.41, 5.74) is 0. The Morgan fingerprint density at radius 2 is 0.926 bits per heavy atom. The standard InChI is InChI=1S/C10H7F16N/c11-3(12)5(15,16)1-27-2-6(17,18)8(21,22)10(25,26)9(23,24)7(19,20)4(13)14/h3-4,27H,1-2H2. The maximum absolute atomic E-state index is 13.1. The van der Waals surface area contributed by atoms with Gasteiger partial charge in [-0.3, -0.25) is 0 Å².